The highest BCUT2D eigenvalue weighted by atomic mass is 79.9. The van der Waals surface area contributed by atoms with Crippen molar-refractivity contribution in [2.45, 2.75) is 12.8 Å². The molecule has 0 radical (unpaired) electrons. The predicted molar refractivity (Wildman–Crippen MR) is 402 cm³/mol. The van der Waals surface area contributed by atoms with Gasteiger partial charge in [-0.2, -0.15) is 0 Å². The molecule has 2 aliphatic carbocycles. The maximum atomic E-state index is 12.4. The van der Waals surface area contributed by atoms with Gasteiger partial charge in [0.05, 0.1) is 11.0 Å². The number of fused-ring (bicyclic) bond motifs is 9. The van der Waals surface area contributed by atoms with Gasteiger partial charge in [0.15, 0.2) is 0 Å². The summed E-state index contributed by atoms with van der Waals surface area (Å²) in [5.41, 5.74) is 27.6. The van der Waals surface area contributed by atoms with E-state index in [0.717, 1.165) is 70.5 Å². The fourth-order valence-electron chi connectivity index (χ4n) is 11.0. The minimum atomic E-state index is -0.240. The molecule has 0 saturated carbocycles. The number of rotatable bonds is 7. The van der Waals surface area contributed by atoms with Crippen LogP contribution >= 0.6 is 79.6 Å². The Kier molecular flexibility index (Phi) is 21.9. The van der Waals surface area contributed by atoms with E-state index >= 15 is 0 Å². The molecule has 0 bridgehead atoms. The molecule has 11 heteroatoms. The van der Waals surface area contributed by atoms with Gasteiger partial charge in [-0.25, -0.2) is 4.39 Å². The highest BCUT2D eigenvalue weighted by Gasteiger charge is 2.22. The van der Waals surface area contributed by atoms with E-state index in [1.54, 1.807) is 6.07 Å². The third-order valence-corrected chi connectivity index (χ3v) is 17.4. The third kappa shape index (κ3) is 16.8. The molecule has 0 atom stereocenters. The third-order valence-electron chi connectivity index (χ3n) is 15.0. The van der Waals surface area contributed by atoms with Gasteiger partial charge < -0.3 is 26.3 Å². The number of aromatic nitrogens is 1. The Balaban J connectivity index is 0.000000119. The average molecular weight is 1510 g/mol. The highest BCUT2D eigenvalue weighted by molar-refractivity contribution is 9.11. The molecule has 448 valence electrons. The van der Waals surface area contributed by atoms with E-state index in [-0.39, 0.29) is 5.82 Å². The molecule has 0 aliphatic heterocycles. The van der Waals surface area contributed by atoms with Crippen LogP contribution in [0.4, 0.5) is 44.2 Å². The van der Waals surface area contributed by atoms with Crippen LogP contribution in [0.5, 0.6) is 0 Å². The molecular weight excluding hydrogens is 1450 g/mol. The first-order valence-corrected chi connectivity index (χ1v) is 33.5. The van der Waals surface area contributed by atoms with Gasteiger partial charge in [-0.1, -0.05) is 268 Å². The monoisotopic (exact) mass is 1510 g/mol. The molecule has 5 nitrogen and oxygen atoms in total. The number of hydrogen-bond acceptors (Lipinski definition) is 4. The van der Waals surface area contributed by atoms with E-state index in [0.29, 0.717) is 0 Å². The first kappa shape index (κ1) is 63.7. The summed E-state index contributed by atoms with van der Waals surface area (Å²) < 4.78 is 19.5. The number of para-hydroxylation sites is 6. The number of halogens is 6. The van der Waals surface area contributed by atoms with Gasteiger partial charge in [-0.3, -0.25) is 0 Å². The Bertz CT molecular complexity index is 4600. The summed E-state index contributed by atoms with van der Waals surface area (Å²) in [5, 5.41) is 12.9. The SMILES string of the molecule is Brc1cc(Br)cc(-n2c3ccccc3c3c(Nc4ccccc4)cccc32)c1.Brc1cccc2c1-c1ccccc1C2.Fc1cc(Br)cc(Br)c1.Nc1ccccc1.c1ccc(Nc2cccc3c2-c2ccccc2C3)cc1.c1ccc(Nc2ccccc2)cc1. The van der Waals surface area contributed by atoms with Crippen molar-refractivity contribution in [3.05, 3.63) is 366 Å². The van der Waals surface area contributed by atoms with E-state index in [9.17, 15) is 4.39 Å². The van der Waals surface area contributed by atoms with Crippen LogP contribution in [-0.4, -0.2) is 4.57 Å². The smallest absolute Gasteiger partial charge is 0.125 e. The van der Waals surface area contributed by atoms with Crippen molar-refractivity contribution in [2.75, 3.05) is 21.7 Å². The van der Waals surface area contributed by atoms with Crippen molar-refractivity contribution < 1.29 is 4.39 Å². The van der Waals surface area contributed by atoms with Crippen molar-refractivity contribution in [3.63, 3.8) is 0 Å². The predicted octanol–water partition coefficient (Wildman–Crippen LogP) is 25.1. The Hall–Kier alpha value is -8.81. The van der Waals surface area contributed by atoms with E-state index in [2.05, 4.69) is 282 Å². The summed E-state index contributed by atoms with van der Waals surface area (Å²) >= 11 is 17.2. The van der Waals surface area contributed by atoms with Crippen LogP contribution < -0.4 is 21.7 Å². The van der Waals surface area contributed by atoms with Crippen LogP contribution in [0, 0.1) is 5.82 Å². The number of nitrogens with zero attached hydrogens (tertiary/aromatic N) is 1. The normalized spacial score (nSPS) is 10.9. The first-order valence-electron chi connectivity index (χ1n) is 29.5. The summed E-state index contributed by atoms with van der Waals surface area (Å²) in [4.78, 5) is 0. The van der Waals surface area contributed by atoms with Crippen molar-refractivity contribution in [3.8, 4) is 27.9 Å². The molecule has 0 saturated heterocycles. The second-order valence-corrected chi connectivity index (χ2v) is 25.8. The molecule has 13 aromatic carbocycles. The number of nitrogens with two attached hydrogens (primary N) is 1. The van der Waals surface area contributed by atoms with Gasteiger partial charge >= 0.3 is 0 Å². The number of nitrogen functional groups attached to an aromatic ring is 1. The van der Waals surface area contributed by atoms with Crippen LogP contribution in [0.2, 0.25) is 0 Å². The maximum Gasteiger partial charge on any atom is 0.125 e. The molecule has 14 aromatic rings. The molecule has 1 aromatic heterocycles. The fraction of sp³-hybridized carbons (Fsp3) is 0.0250. The van der Waals surface area contributed by atoms with Crippen molar-refractivity contribution in [1.29, 1.82) is 0 Å². The van der Waals surface area contributed by atoms with Crippen LogP contribution in [0.1, 0.15) is 22.3 Å². The lowest BCUT2D eigenvalue weighted by atomic mass is 10.0. The lowest BCUT2D eigenvalue weighted by Crippen LogP contribution is -1.95. The average Bonchev–Trinajstić information content (AvgIpc) is 1.61. The molecule has 0 fully saturated rings. The van der Waals surface area contributed by atoms with E-state index in [1.165, 1.54) is 88.6 Å². The van der Waals surface area contributed by atoms with Gasteiger partial charge in [0.1, 0.15) is 5.82 Å². The van der Waals surface area contributed by atoms with E-state index < -0.39 is 0 Å². The number of benzene rings is 13. The number of nitrogens with one attached hydrogen (secondary N) is 3. The summed E-state index contributed by atoms with van der Waals surface area (Å²) in [6.45, 7) is 0. The summed E-state index contributed by atoms with van der Waals surface area (Å²) in [6, 6.07) is 107. The van der Waals surface area contributed by atoms with Gasteiger partial charge in [-0.15, -0.1) is 0 Å². The summed E-state index contributed by atoms with van der Waals surface area (Å²) in [6.07, 6.45) is 2.11. The van der Waals surface area contributed by atoms with Gasteiger partial charge in [0.2, 0.25) is 0 Å². The minimum Gasteiger partial charge on any atom is -0.399 e. The van der Waals surface area contributed by atoms with Crippen molar-refractivity contribution in [2.24, 2.45) is 0 Å². The van der Waals surface area contributed by atoms with E-state index in [4.69, 9.17) is 5.73 Å². The summed E-state index contributed by atoms with van der Waals surface area (Å²) in [5.74, 6) is -0.240. The standard InChI is InChI=1S/C24H16Br2N2.C19H15N.C13H9Br.C12H11N.C6H3Br2F.C6H7N/c25-16-13-17(26)15-19(14-16)28-22-11-5-4-9-20(22)24-21(10-6-12-23(24)28)27-18-7-2-1-3-8-18;1-2-9-16(10-3-1)20-18-12-6-8-15-13-14-7-4-5-11-17(14)19(15)18;14-12-7-3-5-10-8-9-4-1-2-6-11(9)13(10)12;1-3-7-11(8-4-1)13-12-9-5-2-6-10-12;7-4-1-5(8)3-6(9)2-4;7-6-4-2-1-3-5-6/h1-15,27H;1-12,20H,13H2;1-7H,8H2;1-10,13H;1-3H;1-5H,7H2. The maximum absolute atomic E-state index is 12.4. The van der Waals surface area contributed by atoms with Crippen molar-refractivity contribution in [1.82, 2.24) is 4.57 Å². The molecule has 0 amide bonds. The molecule has 1 heterocycles. The molecule has 0 unspecified atom stereocenters. The Morgan fingerprint density at radius 1 is 0.330 bits per heavy atom. The summed E-state index contributed by atoms with van der Waals surface area (Å²) in [7, 11) is 0. The molecular formula is C80H61Br5FN5. The molecule has 0 spiro atoms. The quantitative estimate of drug-likeness (QED) is 0.120. The van der Waals surface area contributed by atoms with Crippen LogP contribution in [0.3, 0.4) is 0 Å². The van der Waals surface area contributed by atoms with Crippen molar-refractivity contribution >= 4 is 141 Å². The van der Waals surface area contributed by atoms with Crippen LogP contribution in [0.25, 0.3) is 49.7 Å². The largest absolute Gasteiger partial charge is 0.399 e. The van der Waals surface area contributed by atoms with E-state index in [1.807, 2.05) is 115 Å². The zero-order valence-electron chi connectivity index (χ0n) is 49.2. The zero-order chi connectivity index (χ0) is 62.9. The second-order valence-electron chi connectivity index (χ2n) is 21.3. The van der Waals surface area contributed by atoms with Crippen LogP contribution in [-0.2, 0) is 12.8 Å². The topological polar surface area (TPSA) is 67.0 Å². The first-order chi connectivity index (χ1) is 44.5. The number of anilines is 7. The Morgan fingerprint density at radius 2 is 0.714 bits per heavy atom. The lowest BCUT2D eigenvalue weighted by Gasteiger charge is -2.12. The highest BCUT2D eigenvalue weighted by Crippen LogP contribution is 2.44. The fourth-order valence-corrected chi connectivity index (χ4v) is 14.2. The Labute approximate surface area is 573 Å². The minimum absolute atomic E-state index is 0.240. The Morgan fingerprint density at radius 3 is 1.23 bits per heavy atom. The lowest BCUT2D eigenvalue weighted by molar-refractivity contribution is 0.626. The van der Waals surface area contributed by atoms with Gasteiger partial charge in [0.25, 0.3) is 0 Å². The molecule has 16 rings (SSSR count). The molecule has 91 heavy (non-hydrogen) atoms. The molecule has 2 aliphatic rings. The van der Waals surface area contributed by atoms with Gasteiger partial charge in [-0.05, 0) is 179 Å². The molecule has 5 N–H and O–H groups in total. The zero-order valence-corrected chi connectivity index (χ0v) is 57.2. The number of hydrogen-bond donors (Lipinski definition) is 4. The van der Waals surface area contributed by atoms with Crippen LogP contribution in [0.15, 0.2) is 338 Å². The second kappa shape index (κ2) is 31.3. The van der Waals surface area contributed by atoms with Gasteiger partial charge in [0, 0.05) is 84.2 Å².